The lowest BCUT2D eigenvalue weighted by Gasteiger charge is -2.02. The molecule has 0 saturated carbocycles. The van der Waals surface area contributed by atoms with Gasteiger partial charge in [0.1, 0.15) is 6.33 Å². The lowest BCUT2D eigenvalue weighted by molar-refractivity contribution is 0.432. The van der Waals surface area contributed by atoms with E-state index < -0.39 is 0 Å². The van der Waals surface area contributed by atoms with E-state index in [2.05, 4.69) is 20.7 Å². The second kappa shape index (κ2) is 4.58. The Morgan fingerprint density at radius 2 is 2.28 bits per heavy atom. The highest BCUT2D eigenvalue weighted by Gasteiger charge is 2.10. The molecular formula is C11H8ClN5O. The summed E-state index contributed by atoms with van der Waals surface area (Å²) in [5.74, 6) is 1.02. The molecule has 90 valence electrons. The Hall–Kier alpha value is -2.21. The van der Waals surface area contributed by atoms with Gasteiger partial charge in [-0.25, -0.2) is 4.68 Å². The van der Waals surface area contributed by atoms with E-state index in [0.29, 0.717) is 11.6 Å². The molecule has 3 aromatic rings. The molecule has 6 nitrogen and oxygen atoms in total. The summed E-state index contributed by atoms with van der Waals surface area (Å²) in [6.45, 7) is 0. The van der Waals surface area contributed by atoms with Crippen LogP contribution in [0.25, 0.3) is 17.0 Å². The summed E-state index contributed by atoms with van der Waals surface area (Å²) in [6, 6.07) is 7.63. The van der Waals surface area contributed by atoms with Gasteiger partial charge in [0.2, 0.25) is 0 Å². The summed E-state index contributed by atoms with van der Waals surface area (Å²) in [5, 5.41) is 14.8. The topological polar surface area (TPSA) is 69.6 Å². The van der Waals surface area contributed by atoms with Crippen LogP contribution in [0.4, 0.5) is 0 Å². The fourth-order valence-corrected chi connectivity index (χ4v) is 1.85. The first-order valence-electron chi connectivity index (χ1n) is 5.22. The van der Waals surface area contributed by atoms with Crippen LogP contribution in [0.3, 0.4) is 0 Å². The first-order valence-corrected chi connectivity index (χ1v) is 5.75. The molecule has 0 spiro atoms. The molecule has 3 rings (SSSR count). The van der Waals surface area contributed by atoms with Gasteiger partial charge in [0.15, 0.2) is 5.76 Å². The molecule has 1 aromatic carbocycles. The molecule has 0 amide bonds. The fraction of sp³-hybridized carbons (Fsp3) is 0.0909. The molecule has 0 aliphatic rings. The van der Waals surface area contributed by atoms with Crippen LogP contribution in [0.2, 0.25) is 0 Å². The number of alkyl halides is 1. The minimum absolute atomic E-state index is 0.355. The van der Waals surface area contributed by atoms with Crippen molar-refractivity contribution in [3.63, 3.8) is 0 Å². The number of hydrogen-bond donors (Lipinski definition) is 0. The third-order valence-electron chi connectivity index (χ3n) is 2.51. The van der Waals surface area contributed by atoms with Gasteiger partial charge in [0, 0.05) is 11.1 Å². The van der Waals surface area contributed by atoms with Crippen molar-refractivity contribution in [1.29, 1.82) is 0 Å². The van der Waals surface area contributed by atoms with Crippen LogP contribution in [-0.2, 0) is 5.88 Å². The van der Waals surface area contributed by atoms with E-state index >= 15 is 0 Å². The number of halogens is 1. The zero-order valence-electron chi connectivity index (χ0n) is 9.19. The maximum Gasteiger partial charge on any atom is 0.171 e. The van der Waals surface area contributed by atoms with Crippen LogP contribution >= 0.6 is 11.6 Å². The lowest BCUT2D eigenvalue weighted by atomic mass is 10.1. The largest absolute Gasteiger partial charge is 0.356 e. The normalized spacial score (nSPS) is 10.7. The maximum absolute atomic E-state index is 5.83. The SMILES string of the molecule is ClCc1cnoc1-c1cccc(-n2cnnn2)c1. The Labute approximate surface area is 107 Å². The molecule has 2 heterocycles. The highest BCUT2D eigenvalue weighted by molar-refractivity contribution is 6.17. The van der Waals surface area contributed by atoms with Crippen molar-refractivity contribution in [3.8, 4) is 17.0 Å². The number of aromatic nitrogens is 5. The number of rotatable bonds is 3. The minimum Gasteiger partial charge on any atom is -0.356 e. The van der Waals surface area contributed by atoms with Crippen molar-refractivity contribution in [2.24, 2.45) is 0 Å². The molecule has 0 aliphatic carbocycles. The smallest absolute Gasteiger partial charge is 0.171 e. The summed E-state index contributed by atoms with van der Waals surface area (Å²) in [7, 11) is 0. The standard InChI is InChI=1S/C11H8ClN5O/c12-5-9-6-14-18-11(9)8-2-1-3-10(4-8)17-7-13-15-16-17/h1-4,6-7H,5H2. The molecule has 0 atom stereocenters. The van der Waals surface area contributed by atoms with Crippen molar-refractivity contribution in [3.05, 3.63) is 42.4 Å². The second-order valence-electron chi connectivity index (χ2n) is 3.62. The summed E-state index contributed by atoms with van der Waals surface area (Å²) in [5.41, 5.74) is 2.58. The van der Waals surface area contributed by atoms with E-state index in [4.69, 9.17) is 16.1 Å². The summed E-state index contributed by atoms with van der Waals surface area (Å²) < 4.78 is 6.79. The van der Waals surface area contributed by atoms with E-state index in [1.165, 1.54) is 6.33 Å². The van der Waals surface area contributed by atoms with E-state index in [9.17, 15) is 0 Å². The second-order valence-corrected chi connectivity index (χ2v) is 3.89. The third kappa shape index (κ3) is 1.86. The molecule has 0 saturated heterocycles. The van der Waals surface area contributed by atoms with Crippen LogP contribution in [-0.4, -0.2) is 25.4 Å². The third-order valence-corrected chi connectivity index (χ3v) is 2.80. The monoisotopic (exact) mass is 261 g/mol. The molecule has 0 radical (unpaired) electrons. The summed E-state index contributed by atoms with van der Waals surface area (Å²) in [6.07, 6.45) is 3.15. The zero-order chi connectivity index (χ0) is 12.4. The lowest BCUT2D eigenvalue weighted by Crippen LogP contribution is -1.95. The Kier molecular flexibility index (Phi) is 2.77. The highest BCUT2D eigenvalue weighted by atomic mass is 35.5. The predicted molar refractivity (Wildman–Crippen MR) is 64.2 cm³/mol. The average molecular weight is 262 g/mol. The van der Waals surface area contributed by atoms with Crippen LogP contribution < -0.4 is 0 Å². The van der Waals surface area contributed by atoms with E-state index in [0.717, 1.165) is 16.8 Å². The molecule has 7 heteroatoms. The van der Waals surface area contributed by atoms with Gasteiger partial charge in [-0.15, -0.1) is 16.7 Å². The minimum atomic E-state index is 0.355. The zero-order valence-corrected chi connectivity index (χ0v) is 9.95. The molecule has 0 aliphatic heterocycles. The molecule has 18 heavy (non-hydrogen) atoms. The fourth-order valence-electron chi connectivity index (χ4n) is 1.66. The summed E-state index contributed by atoms with van der Waals surface area (Å²) >= 11 is 5.83. The number of tetrazole rings is 1. The van der Waals surface area contributed by atoms with Gasteiger partial charge in [0.05, 0.1) is 17.8 Å². The molecule has 0 unspecified atom stereocenters. The predicted octanol–water partition coefficient (Wildman–Crippen LogP) is 2.06. The van der Waals surface area contributed by atoms with Gasteiger partial charge in [-0.2, -0.15) is 0 Å². The first kappa shape index (κ1) is 10.9. The molecular weight excluding hydrogens is 254 g/mol. The van der Waals surface area contributed by atoms with Crippen molar-refractivity contribution in [2.45, 2.75) is 5.88 Å². The van der Waals surface area contributed by atoms with Crippen molar-refractivity contribution in [2.75, 3.05) is 0 Å². The van der Waals surface area contributed by atoms with Crippen molar-refractivity contribution in [1.82, 2.24) is 25.4 Å². The molecule has 0 bridgehead atoms. The van der Waals surface area contributed by atoms with Gasteiger partial charge >= 0.3 is 0 Å². The highest BCUT2D eigenvalue weighted by Crippen LogP contribution is 2.26. The molecule has 0 N–H and O–H groups in total. The number of nitrogens with zero attached hydrogens (tertiary/aromatic N) is 5. The Bertz CT molecular complexity index is 649. The number of hydrogen-bond acceptors (Lipinski definition) is 5. The van der Waals surface area contributed by atoms with E-state index in [-0.39, 0.29) is 0 Å². The summed E-state index contributed by atoms with van der Waals surface area (Å²) in [4.78, 5) is 0. The Balaban J connectivity index is 2.06. The van der Waals surface area contributed by atoms with Gasteiger partial charge in [-0.05, 0) is 22.6 Å². The molecule has 0 fully saturated rings. The Morgan fingerprint density at radius 1 is 1.33 bits per heavy atom. The number of benzene rings is 1. The molecule has 2 aromatic heterocycles. The quantitative estimate of drug-likeness (QED) is 0.675. The first-order chi connectivity index (χ1) is 8.88. The van der Waals surface area contributed by atoms with E-state index in [1.807, 2.05) is 24.3 Å². The van der Waals surface area contributed by atoms with Crippen LogP contribution in [0.15, 0.2) is 41.3 Å². The van der Waals surface area contributed by atoms with E-state index in [1.54, 1.807) is 10.9 Å². The van der Waals surface area contributed by atoms with Crippen molar-refractivity contribution < 1.29 is 4.52 Å². The van der Waals surface area contributed by atoms with Crippen LogP contribution in [0, 0.1) is 0 Å². The Morgan fingerprint density at radius 3 is 3.06 bits per heavy atom. The van der Waals surface area contributed by atoms with Gasteiger partial charge in [-0.1, -0.05) is 17.3 Å². The van der Waals surface area contributed by atoms with Gasteiger partial charge in [0.25, 0.3) is 0 Å². The van der Waals surface area contributed by atoms with Crippen molar-refractivity contribution >= 4 is 11.6 Å². The van der Waals surface area contributed by atoms with Crippen LogP contribution in [0.1, 0.15) is 5.56 Å². The maximum atomic E-state index is 5.83. The average Bonchev–Trinajstić information content (AvgIpc) is 3.10. The van der Waals surface area contributed by atoms with Gasteiger partial charge < -0.3 is 4.52 Å². The van der Waals surface area contributed by atoms with Crippen LogP contribution in [0.5, 0.6) is 0 Å². The van der Waals surface area contributed by atoms with Gasteiger partial charge in [-0.3, -0.25) is 0 Å².